The van der Waals surface area contributed by atoms with Crippen LogP contribution in [-0.4, -0.2) is 58.2 Å². The lowest BCUT2D eigenvalue weighted by atomic mass is 9.82. The number of benzene rings is 1. The Kier molecular flexibility index (Phi) is 5.15. The standard InChI is InChI=1S/C26H30N6O/c1-17(2)32-10-8-31(9-11-32)16-19-14-28-26(33-19)22-12-18(13-25-23(22)15-29-30-25)20-4-3-5-24-21(20)6-7-27-24/h3-7,12-15,17,22-23,27,30H,8-11,16H2,1-2H3. The van der Waals surface area contributed by atoms with Crippen LogP contribution >= 0.6 is 0 Å². The molecular weight excluding hydrogens is 412 g/mol. The molecule has 2 aromatic heterocycles. The van der Waals surface area contributed by atoms with Gasteiger partial charge in [-0.15, -0.1) is 0 Å². The molecule has 2 unspecified atom stereocenters. The van der Waals surface area contributed by atoms with Gasteiger partial charge < -0.3 is 9.40 Å². The second-order valence-corrected chi connectivity index (χ2v) is 9.48. The van der Waals surface area contributed by atoms with E-state index in [2.05, 4.69) is 75.6 Å². The van der Waals surface area contributed by atoms with E-state index in [0.717, 1.165) is 55.6 Å². The fourth-order valence-electron chi connectivity index (χ4n) is 5.21. The van der Waals surface area contributed by atoms with Gasteiger partial charge in [-0.1, -0.05) is 18.2 Å². The fraction of sp³-hybridized carbons (Fsp3) is 0.385. The second kappa shape index (κ2) is 8.32. The van der Waals surface area contributed by atoms with Crippen LogP contribution in [0.1, 0.15) is 37.0 Å². The van der Waals surface area contributed by atoms with Crippen molar-refractivity contribution in [3.8, 4) is 0 Å². The van der Waals surface area contributed by atoms with E-state index in [1.165, 1.54) is 16.5 Å². The predicted molar refractivity (Wildman–Crippen MR) is 131 cm³/mol. The summed E-state index contributed by atoms with van der Waals surface area (Å²) >= 11 is 0. The first kappa shape index (κ1) is 20.4. The summed E-state index contributed by atoms with van der Waals surface area (Å²) in [6.07, 6.45) is 10.3. The van der Waals surface area contributed by atoms with Gasteiger partial charge in [-0.2, -0.15) is 5.10 Å². The van der Waals surface area contributed by atoms with Gasteiger partial charge >= 0.3 is 0 Å². The molecule has 3 aromatic rings. The Morgan fingerprint density at radius 2 is 2.00 bits per heavy atom. The molecule has 33 heavy (non-hydrogen) atoms. The van der Waals surface area contributed by atoms with Gasteiger partial charge in [0, 0.05) is 61.2 Å². The number of nitrogens with one attached hydrogen (secondary N) is 2. The van der Waals surface area contributed by atoms with Crippen LogP contribution in [0.4, 0.5) is 0 Å². The number of aromatic nitrogens is 2. The smallest absolute Gasteiger partial charge is 0.202 e. The maximum atomic E-state index is 6.33. The minimum absolute atomic E-state index is 0.0134. The Balaban J connectivity index is 1.25. The Morgan fingerprint density at radius 3 is 2.85 bits per heavy atom. The van der Waals surface area contributed by atoms with Crippen LogP contribution in [0.3, 0.4) is 0 Å². The maximum Gasteiger partial charge on any atom is 0.202 e. The average Bonchev–Trinajstić information content (AvgIpc) is 3.59. The molecular formula is C26H30N6O. The van der Waals surface area contributed by atoms with Gasteiger partial charge in [0.25, 0.3) is 0 Å². The molecule has 2 aliphatic heterocycles. The monoisotopic (exact) mass is 442 g/mol. The first-order valence-electron chi connectivity index (χ1n) is 11.9. The van der Waals surface area contributed by atoms with Crippen molar-refractivity contribution in [3.05, 3.63) is 71.7 Å². The molecule has 1 fully saturated rings. The third-order valence-corrected chi connectivity index (χ3v) is 7.12. The average molecular weight is 443 g/mol. The van der Waals surface area contributed by atoms with Crippen LogP contribution < -0.4 is 5.43 Å². The van der Waals surface area contributed by atoms with E-state index in [0.29, 0.717) is 6.04 Å². The molecule has 7 heteroatoms. The molecule has 2 atom stereocenters. The molecule has 0 spiro atoms. The van der Waals surface area contributed by atoms with Crippen LogP contribution in [0, 0.1) is 5.92 Å². The highest BCUT2D eigenvalue weighted by molar-refractivity contribution is 5.96. The third kappa shape index (κ3) is 3.81. The lowest BCUT2D eigenvalue weighted by molar-refractivity contribution is 0.0986. The largest absolute Gasteiger partial charge is 0.444 e. The lowest BCUT2D eigenvalue weighted by Crippen LogP contribution is -2.48. The summed E-state index contributed by atoms with van der Waals surface area (Å²) < 4.78 is 6.33. The Hall–Kier alpha value is -3.16. The van der Waals surface area contributed by atoms with Crippen molar-refractivity contribution in [1.82, 2.24) is 25.2 Å². The zero-order valence-electron chi connectivity index (χ0n) is 19.2. The summed E-state index contributed by atoms with van der Waals surface area (Å²) in [5, 5.41) is 5.55. The van der Waals surface area contributed by atoms with Crippen molar-refractivity contribution in [2.45, 2.75) is 32.4 Å². The van der Waals surface area contributed by atoms with Crippen molar-refractivity contribution in [2.75, 3.05) is 26.2 Å². The van der Waals surface area contributed by atoms with E-state index in [4.69, 9.17) is 9.40 Å². The molecule has 2 N–H and O–H groups in total. The third-order valence-electron chi connectivity index (χ3n) is 7.12. The van der Waals surface area contributed by atoms with Crippen molar-refractivity contribution in [2.24, 2.45) is 11.0 Å². The number of hydrogen-bond donors (Lipinski definition) is 2. The van der Waals surface area contributed by atoms with E-state index in [1.807, 2.05) is 18.6 Å². The van der Waals surface area contributed by atoms with Gasteiger partial charge in [0.05, 0.1) is 24.6 Å². The van der Waals surface area contributed by atoms with Crippen LogP contribution in [-0.2, 0) is 6.54 Å². The summed E-state index contributed by atoms with van der Waals surface area (Å²) in [5.74, 6) is 1.83. The van der Waals surface area contributed by atoms with Crippen molar-refractivity contribution in [3.63, 3.8) is 0 Å². The van der Waals surface area contributed by atoms with Crippen molar-refractivity contribution < 1.29 is 4.42 Å². The summed E-state index contributed by atoms with van der Waals surface area (Å²) in [6, 6.07) is 9.11. The van der Waals surface area contributed by atoms with Crippen LogP contribution in [0.15, 0.2) is 64.0 Å². The highest BCUT2D eigenvalue weighted by atomic mass is 16.4. The van der Waals surface area contributed by atoms with Gasteiger partial charge in [0.15, 0.2) is 0 Å². The molecule has 1 aromatic carbocycles. The number of fused-ring (bicyclic) bond motifs is 2. The number of rotatable bonds is 5. The molecule has 0 radical (unpaired) electrons. The first-order valence-corrected chi connectivity index (χ1v) is 11.9. The summed E-state index contributed by atoms with van der Waals surface area (Å²) in [4.78, 5) is 13.0. The quantitative estimate of drug-likeness (QED) is 0.626. The zero-order chi connectivity index (χ0) is 22.4. The number of hydrazone groups is 1. The Labute approximate surface area is 193 Å². The summed E-state index contributed by atoms with van der Waals surface area (Å²) in [5.41, 5.74) is 7.78. The number of nitrogens with zero attached hydrogens (tertiary/aromatic N) is 4. The molecule has 1 saturated heterocycles. The molecule has 4 heterocycles. The topological polar surface area (TPSA) is 72.7 Å². The zero-order valence-corrected chi connectivity index (χ0v) is 19.2. The van der Waals surface area contributed by atoms with E-state index in [1.54, 1.807) is 0 Å². The van der Waals surface area contributed by atoms with Gasteiger partial charge in [0.1, 0.15) is 5.76 Å². The predicted octanol–water partition coefficient (Wildman–Crippen LogP) is 3.95. The van der Waals surface area contributed by atoms with Crippen LogP contribution in [0.25, 0.3) is 16.5 Å². The van der Waals surface area contributed by atoms with Gasteiger partial charge in [-0.3, -0.25) is 15.2 Å². The SMILES string of the molecule is CC(C)N1CCN(Cc2cnc(C3C=C(c4cccc5[nH]ccc45)C=C4NN=CC43)o2)CC1. The van der Waals surface area contributed by atoms with Crippen LogP contribution in [0.5, 0.6) is 0 Å². The number of H-pyrrole nitrogens is 1. The molecule has 6 rings (SSSR count). The first-order chi connectivity index (χ1) is 16.2. The molecule has 3 aliphatic rings. The molecule has 1 aliphatic carbocycles. The number of piperazine rings is 1. The van der Waals surface area contributed by atoms with Crippen molar-refractivity contribution >= 4 is 22.7 Å². The van der Waals surface area contributed by atoms with Crippen molar-refractivity contribution in [1.29, 1.82) is 0 Å². The second-order valence-electron chi connectivity index (χ2n) is 9.48. The number of allylic oxidation sites excluding steroid dienone is 4. The number of hydrogen-bond acceptors (Lipinski definition) is 6. The van der Waals surface area contributed by atoms with Gasteiger partial charge in [-0.25, -0.2) is 4.98 Å². The molecule has 0 amide bonds. The maximum absolute atomic E-state index is 6.33. The lowest BCUT2D eigenvalue weighted by Gasteiger charge is -2.36. The Morgan fingerprint density at radius 1 is 1.12 bits per heavy atom. The van der Waals surface area contributed by atoms with E-state index in [-0.39, 0.29) is 11.8 Å². The van der Waals surface area contributed by atoms with E-state index < -0.39 is 0 Å². The summed E-state index contributed by atoms with van der Waals surface area (Å²) in [7, 11) is 0. The van der Waals surface area contributed by atoms with E-state index >= 15 is 0 Å². The van der Waals surface area contributed by atoms with E-state index in [9.17, 15) is 0 Å². The van der Waals surface area contributed by atoms with Gasteiger partial charge in [-0.05, 0) is 43.2 Å². The molecule has 0 bridgehead atoms. The molecule has 7 nitrogen and oxygen atoms in total. The highest BCUT2D eigenvalue weighted by Gasteiger charge is 2.34. The minimum Gasteiger partial charge on any atom is -0.444 e. The molecule has 170 valence electrons. The number of oxazole rings is 1. The molecule has 0 saturated carbocycles. The normalized spacial score (nSPS) is 23.6. The number of aromatic amines is 1. The Bertz CT molecular complexity index is 1240. The summed E-state index contributed by atoms with van der Waals surface area (Å²) in [6.45, 7) is 9.69. The van der Waals surface area contributed by atoms with Gasteiger partial charge in [0.2, 0.25) is 5.89 Å². The highest BCUT2D eigenvalue weighted by Crippen LogP contribution is 2.40. The minimum atomic E-state index is 0.0134. The van der Waals surface area contributed by atoms with Crippen LogP contribution in [0.2, 0.25) is 0 Å². The fourth-order valence-corrected chi connectivity index (χ4v) is 5.21.